The molecule has 0 aromatic heterocycles. The Bertz CT molecular complexity index is 1440. The highest BCUT2D eigenvalue weighted by atomic mass is 16.6. The van der Waals surface area contributed by atoms with E-state index in [1.165, 1.54) is 32.9 Å². The Morgan fingerprint density at radius 2 is 1.12 bits per heavy atom. The Balaban J connectivity index is 2.64. The average molecular weight is 547 g/mol. The first-order valence-corrected chi connectivity index (χ1v) is 12.4. The fourth-order valence-electron chi connectivity index (χ4n) is 3.08. The lowest BCUT2D eigenvalue weighted by atomic mass is 9.96. The zero-order valence-corrected chi connectivity index (χ0v) is 23.9. The second-order valence-electron chi connectivity index (χ2n) is 9.65. The Hall–Kier alpha value is -4.72. The summed E-state index contributed by atoms with van der Waals surface area (Å²) in [4.78, 5) is 48.9. The molecule has 8 nitrogen and oxygen atoms in total. The second-order valence-corrected chi connectivity index (χ2v) is 9.65. The summed E-state index contributed by atoms with van der Waals surface area (Å²) in [6.45, 7) is 22.3. The van der Waals surface area contributed by atoms with Crippen molar-refractivity contribution in [3.8, 4) is 23.0 Å². The lowest BCUT2D eigenvalue weighted by Crippen LogP contribution is -2.16. The van der Waals surface area contributed by atoms with Gasteiger partial charge in [-0.25, -0.2) is 14.4 Å². The molecule has 0 aliphatic heterocycles. The maximum Gasteiger partial charge on any atom is 0.338 e. The van der Waals surface area contributed by atoms with Crippen molar-refractivity contribution in [1.29, 1.82) is 0 Å². The van der Waals surface area contributed by atoms with Gasteiger partial charge in [-0.3, -0.25) is 4.79 Å². The van der Waals surface area contributed by atoms with Crippen molar-refractivity contribution >= 4 is 35.0 Å². The summed E-state index contributed by atoms with van der Waals surface area (Å²) in [5.41, 5.74) is 3.21. The van der Waals surface area contributed by atoms with Crippen LogP contribution in [0.25, 0.3) is 11.1 Å². The summed E-state index contributed by atoms with van der Waals surface area (Å²) in [6.07, 6.45) is 0. The number of carbonyl (C=O) groups excluding carboxylic acids is 4. The van der Waals surface area contributed by atoms with Gasteiger partial charge < -0.3 is 18.9 Å². The summed E-state index contributed by atoms with van der Waals surface area (Å²) in [7, 11) is 0. The molecule has 0 heterocycles. The fraction of sp³-hybridized carbons (Fsp3) is 0.250. The largest absolute Gasteiger partial charge is 0.426 e. The van der Waals surface area contributed by atoms with Gasteiger partial charge in [0.2, 0.25) is 0 Å². The van der Waals surface area contributed by atoms with Gasteiger partial charge in [-0.1, -0.05) is 39.7 Å². The molecular formula is C32H34O8. The zero-order valence-electron chi connectivity index (χ0n) is 23.9. The summed E-state index contributed by atoms with van der Waals surface area (Å²) < 4.78 is 21.8. The molecule has 0 unspecified atom stereocenters. The number of hydrogen-bond acceptors (Lipinski definition) is 8. The van der Waals surface area contributed by atoms with Crippen LogP contribution in [0.2, 0.25) is 0 Å². The van der Waals surface area contributed by atoms with Crippen molar-refractivity contribution in [2.45, 2.75) is 48.5 Å². The van der Waals surface area contributed by atoms with Gasteiger partial charge in [-0.15, -0.1) is 0 Å². The van der Waals surface area contributed by atoms with Crippen molar-refractivity contribution in [3.05, 3.63) is 84.0 Å². The third kappa shape index (κ3) is 8.14. The Morgan fingerprint density at radius 3 is 1.65 bits per heavy atom. The van der Waals surface area contributed by atoms with Crippen molar-refractivity contribution in [3.63, 3.8) is 0 Å². The van der Waals surface area contributed by atoms with Crippen molar-refractivity contribution in [1.82, 2.24) is 0 Å². The van der Waals surface area contributed by atoms with E-state index in [2.05, 4.69) is 19.7 Å². The maximum atomic E-state index is 12.5. The van der Waals surface area contributed by atoms with E-state index in [1.807, 2.05) is 13.8 Å². The van der Waals surface area contributed by atoms with Crippen LogP contribution < -0.4 is 18.9 Å². The quantitative estimate of drug-likeness (QED) is 0.141. The number of esters is 4. The minimum Gasteiger partial charge on any atom is -0.426 e. The molecule has 40 heavy (non-hydrogen) atoms. The summed E-state index contributed by atoms with van der Waals surface area (Å²) in [6, 6.07) is 9.49. The zero-order chi connectivity index (χ0) is 30.3. The van der Waals surface area contributed by atoms with E-state index < -0.39 is 29.8 Å². The molecule has 0 fully saturated rings. The molecule has 0 aliphatic carbocycles. The highest BCUT2D eigenvalue weighted by molar-refractivity contribution is 5.94. The average Bonchev–Trinajstić information content (AvgIpc) is 2.88. The fourth-order valence-corrected chi connectivity index (χ4v) is 3.08. The van der Waals surface area contributed by atoms with Gasteiger partial charge in [-0.2, -0.15) is 0 Å². The smallest absolute Gasteiger partial charge is 0.338 e. The molecule has 0 aliphatic rings. The molecule has 0 N–H and O–H groups in total. The van der Waals surface area contributed by atoms with Gasteiger partial charge in [-0.05, 0) is 75.6 Å². The second kappa shape index (κ2) is 13.4. The minimum atomic E-state index is -0.689. The summed E-state index contributed by atoms with van der Waals surface area (Å²) in [5, 5.41) is 0. The van der Waals surface area contributed by atoms with Gasteiger partial charge in [0.25, 0.3) is 0 Å². The molecular weight excluding hydrogens is 512 g/mol. The number of benzene rings is 2. The highest BCUT2D eigenvalue weighted by Crippen LogP contribution is 2.38. The molecule has 210 valence electrons. The van der Waals surface area contributed by atoms with Crippen LogP contribution in [0.15, 0.2) is 72.9 Å². The number of ether oxygens (including phenoxy) is 4. The van der Waals surface area contributed by atoms with E-state index in [9.17, 15) is 19.2 Å². The van der Waals surface area contributed by atoms with Gasteiger partial charge >= 0.3 is 23.9 Å². The van der Waals surface area contributed by atoms with Gasteiger partial charge in [0.15, 0.2) is 11.5 Å². The molecule has 2 rings (SSSR count). The topological polar surface area (TPSA) is 105 Å². The SMILES string of the molecule is C=C(C)C(=O)Oc1ccc(/C(C)=C(\C)c2ccc(OC(=O)C(=C)C)c(OC(=O)C(=C)C)c2)c(OC(=O)C(C)C)c1. The number of rotatable bonds is 10. The van der Waals surface area contributed by atoms with Crippen LogP contribution in [0.3, 0.4) is 0 Å². The van der Waals surface area contributed by atoms with Crippen LogP contribution in [-0.2, 0) is 19.2 Å². The molecule has 0 radical (unpaired) electrons. The lowest BCUT2D eigenvalue weighted by Gasteiger charge is -2.17. The number of allylic oxidation sites excluding steroid dienone is 2. The van der Waals surface area contributed by atoms with Crippen LogP contribution in [0, 0.1) is 5.92 Å². The Morgan fingerprint density at radius 1 is 0.600 bits per heavy atom. The van der Waals surface area contributed by atoms with Gasteiger partial charge in [0.05, 0.1) is 5.92 Å². The third-order valence-corrected chi connectivity index (χ3v) is 5.64. The van der Waals surface area contributed by atoms with E-state index >= 15 is 0 Å². The Kier molecular flexibility index (Phi) is 10.5. The maximum absolute atomic E-state index is 12.5. The molecule has 0 spiro atoms. The molecule has 2 aromatic rings. The molecule has 0 saturated heterocycles. The Labute approximate surface area is 234 Å². The van der Waals surface area contributed by atoms with Crippen molar-refractivity contribution in [2.24, 2.45) is 5.92 Å². The van der Waals surface area contributed by atoms with E-state index in [1.54, 1.807) is 38.1 Å². The van der Waals surface area contributed by atoms with Crippen molar-refractivity contribution in [2.75, 3.05) is 0 Å². The molecule has 0 bridgehead atoms. The first-order chi connectivity index (χ1) is 18.6. The predicted molar refractivity (Wildman–Crippen MR) is 153 cm³/mol. The summed E-state index contributed by atoms with van der Waals surface area (Å²) >= 11 is 0. The van der Waals surface area contributed by atoms with Crippen LogP contribution in [-0.4, -0.2) is 23.9 Å². The van der Waals surface area contributed by atoms with E-state index in [4.69, 9.17) is 18.9 Å². The molecule has 0 amide bonds. The normalized spacial score (nSPS) is 11.2. The summed E-state index contributed by atoms with van der Waals surface area (Å²) in [5.74, 6) is -2.41. The first kappa shape index (κ1) is 31.5. The van der Waals surface area contributed by atoms with E-state index in [-0.39, 0.29) is 39.7 Å². The van der Waals surface area contributed by atoms with Crippen LogP contribution >= 0.6 is 0 Å². The number of hydrogen-bond donors (Lipinski definition) is 0. The number of carbonyl (C=O) groups is 4. The highest BCUT2D eigenvalue weighted by Gasteiger charge is 2.20. The minimum absolute atomic E-state index is 0.0146. The van der Waals surface area contributed by atoms with E-state index in [0.717, 1.165) is 5.57 Å². The molecule has 2 aromatic carbocycles. The van der Waals surface area contributed by atoms with Crippen molar-refractivity contribution < 1.29 is 38.1 Å². The van der Waals surface area contributed by atoms with Gasteiger partial charge in [0, 0.05) is 28.3 Å². The monoisotopic (exact) mass is 546 g/mol. The first-order valence-electron chi connectivity index (χ1n) is 12.4. The van der Waals surface area contributed by atoms with Gasteiger partial charge in [0.1, 0.15) is 11.5 Å². The molecule has 0 atom stereocenters. The molecule has 0 saturated carbocycles. The predicted octanol–water partition coefficient (Wildman–Crippen LogP) is 6.64. The van der Waals surface area contributed by atoms with Crippen LogP contribution in [0.5, 0.6) is 23.0 Å². The van der Waals surface area contributed by atoms with Crippen LogP contribution in [0.1, 0.15) is 59.6 Å². The molecule has 8 heteroatoms. The third-order valence-electron chi connectivity index (χ3n) is 5.64. The standard InChI is InChI=1S/C32H34O8/c1-17(2)29(33)37-24-12-13-25(27(16-24)39-31(35)19(5)6)22(10)21(9)23-11-14-26(38-30(34)18(3)4)28(15-23)40-32(36)20(7)8/h11-16,19H,1,3,7H2,2,4-6,8-10H3/b22-21+. The van der Waals surface area contributed by atoms with E-state index in [0.29, 0.717) is 16.7 Å². The lowest BCUT2D eigenvalue weighted by molar-refractivity contribution is -0.137. The van der Waals surface area contributed by atoms with Crippen LogP contribution in [0.4, 0.5) is 0 Å².